The molecule has 0 fully saturated rings. The van der Waals surface area contributed by atoms with Crippen molar-refractivity contribution in [3.8, 4) is 0 Å². The smallest absolute Gasteiger partial charge is 0.150 e. The first-order chi connectivity index (χ1) is 10.7. The molecule has 108 valence electrons. The summed E-state index contributed by atoms with van der Waals surface area (Å²) in [5.74, 6) is 0. The highest BCUT2D eigenvalue weighted by Crippen LogP contribution is 2.22. The molecule has 4 aromatic rings. The lowest BCUT2D eigenvalue weighted by Crippen LogP contribution is -1.91. The SMILES string of the molecule is Cn1ncc2cc(Cc3n[nH]c4ccc(C=O)cc34)ccc21. The van der Waals surface area contributed by atoms with Gasteiger partial charge in [0.2, 0.25) is 0 Å². The third-order valence-corrected chi connectivity index (χ3v) is 3.98. The molecule has 2 aromatic heterocycles. The molecule has 0 saturated heterocycles. The molecule has 0 aliphatic carbocycles. The number of nitrogens with one attached hydrogen (secondary N) is 1. The summed E-state index contributed by atoms with van der Waals surface area (Å²) in [6, 6.07) is 11.9. The number of carbonyl (C=O) groups is 1. The summed E-state index contributed by atoms with van der Waals surface area (Å²) < 4.78 is 1.86. The van der Waals surface area contributed by atoms with Gasteiger partial charge in [-0.25, -0.2) is 0 Å². The van der Waals surface area contributed by atoms with Crippen molar-refractivity contribution in [2.24, 2.45) is 7.05 Å². The maximum absolute atomic E-state index is 11.0. The van der Waals surface area contributed by atoms with E-state index in [0.717, 1.165) is 33.8 Å². The summed E-state index contributed by atoms with van der Waals surface area (Å²) in [6.07, 6.45) is 3.44. The Labute approximate surface area is 126 Å². The number of hydrogen-bond donors (Lipinski definition) is 1. The second-order valence-electron chi connectivity index (χ2n) is 5.43. The summed E-state index contributed by atoms with van der Waals surface area (Å²) in [6.45, 7) is 0. The molecule has 0 atom stereocenters. The highest BCUT2D eigenvalue weighted by Gasteiger charge is 2.09. The van der Waals surface area contributed by atoms with Crippen LogP contribution in [-0.2, 0) is 13.5 Å². The number of aromatic nitrogens is 4. The van der Waals surface area contributed by atoms with E-state index in [4.69, 9.17) is 0 Å². The van der Waals surface area contributed by atoms with E-state index in [2.05, 4.69) is 33.5 Å². The van der Waals surface area contributed by atoms with Crippen LogP contribution in [0.5, 0.6) is 0 Å². The molecule has 0 spiro atoms. The van der Waals surface area contributed by atoms with Gasteiger partial charge in [0.05, 0.1) is 22.9 Å². The lowest BCUT2D eigenvalue weighted by molar-refractivity contribution is 0.112. The largest absolute Gasteiger partial charge is 0.298 e. The normalized spacial score (nSPS) is 11.3. The first-order valence-corrected chi connectivity index (χ1v) is 7.07. The summed E-state index contributed by atoms with van der Waals surface area (Å²) in [7, 11) is 1.93. The molecule has 0 bridgehead atoms. The van der Waals surface area contributed by atoms with Crippen LogP contribution in [0.2, 0.25) is 0 Å². The Hall–Kier alpha value is -2.95. The molecule has 2 heterocycles. The number of aldehydes is 1. The predicted molar refractivity (Wildman–Crippen MR) is 85.0 cm³/mol. The second kappa shape index (κ2) is 4.80. The zero-order valence-corrected chi connectivity index (χ0v) is 12.1. The summed E-state index contributed by atoms with van der Waals surface area (Å²) in [5.41, 5.74) is 4.84. The van der Waals surface area contributed by atoms with Crippen LogP contribution in [0, 0.1) is 0 Å². The van der Waals surface area contributed by atoms with Crippen LogP contribution in [0.4, 0.5) is 0 Å². The molecule has 0 aliphatic rings. The van der Waals surface area contributed by atoms with E-state index in [-0.39, 0.29) is 0 Å². The van der Waals surface area contributed by atoms with Gasteiger partial charge in [-0.3, -0.25) is 14.6 Å². The Balaban J connectivity index is 1.76. The maximum Gasteiger partial charge on any atom is 0.150 e. The van der Waals surface area contributed by atoms with Gasteiger partial charge in [-0.15, -0.1) is 0 Å². The molecule has 4 rings (SSSR count). The standard InChI is InChI=1S/C17H14N4O/c1-21-17-5-3-11(6-13(17)9-18-21)8-16-14-7-12(10-22)2-4-15(14)19-20-16/h2-7,9-10H,8H2,1H3,(H,19,20). The van der Waals surface area contributed by atoms with E-state index in [0.29, 0.717) is 12.0 Å². The first kappa shape index (κ1) is 12.8. The van der Waals surface area contributed by atoms with Gasteiger partial charge in [0.1, 0.15) is 6.29 Å². The van der Waals surface area contributed by atoms with Crippen LogP contribution in [0.1, 0.15) is 21.6 Å². The third kappa shape index (κ3) is 1.98. The number of benzene rings is 2. The van der Waals surface area contributed by atoms with Crippen LogP contribution >= 0.6 is 0 Å². The van der Waals surface area contributed by atoms with Gasteiger partial charge in [-0.1, -0.05) is 6.07 Å². The zero-order valence-electron chi connectivity index (χ0n) is 12.1. The number of H-pyrrole nitrogens is 1. The quantitative estimate of drug-likeness (QED) is 0.590. The molecule has 0 amide bonds. The van der Waals surface area contributed by atoms with Gasteiger partial charge in [0.25, 0.3) is 0 Å². The second-order valence-corrected chi connectivity index (χ2v) is 5.43. The number of aryl methyl sites for hydroxylation is 1. The van der Waals surface area contributed by atoms with Crippen molar-refractivity contribution in [1.29, 1.82) is 0 Å². The van der Waals surface area contributed by atoms with Gasteiger partial charge in [0.15, 0.2) is 0 Å². The molecule has 5 nitrogen and oxygen atoms in total. The average Bonchev–Trinajstić information content (AvgIpc) is 3.11. The van der Waals surface area contributed by atoms with Gasteiger partial charge < -0.3 is 0 Å². The fourth-order valence-electron chi connectivity index (χ4n) is 2.81. The molecule has 0 unspecified atom stereocenters. The van der Waals surface area contributed by atoms with E-state index in [9.17, 15) is 4.79 Å². The third-order valence-electron chi connectivity index (χ3n) is 3.98. The van der Waals surface area contributed by atoms with Crippen LogP contribution in [-0.4, -0.2) is 26.3 Å². The number of carbonyl (C=O) groups excluding carboxylic acids is 1. The molecule has 1 N–H and O–H groups in total. The molecular formula is C17H14N4O. The fourth-order valence-corrected chi connectivity index (χ4v) is 2.81. The molecule has 5 heteroatoms. The first-order valence-electron chi connectivity index (χ1n) is 7.07. The molecule has 22 heavy (non-hydrogen) atoms. The van der Waals surface area contributed by atoms with E-state index in [1.54, 1.807) is 6.07 Å². The summed E-state index contributed by atoms with van der Waals surface area (Å²) in [5, 5.41) is 13.8. The molecular weight excluding hydrogens is 276 g/mol. The van der Waals surface area contributed by atoms with Crippen molar-refractivity contribution in [3.05, 3.63) is 59.4 Å². The van der Waals surface area contributed by atoms with Crippen LogP contribution in [0.15, 0.2) is 42.6 Å². The van der Waals surface area contributed by atoms with E-state index in [1.165, 1.54) is 5.56 Å². The molecule has 0 aliphatic heterocycles. The highest BCUT2D eigenvalue weighted by atomic mass is 16.1. The lowest BCUT2D eigenvalue weighted by Gasteiger charge is -2.01. The van der Waals surface area contributed by atoms with Crippen LogP contribution in [0.3, 0.4) is 0 Å². The Kier molecular flexibility index (Phi) is 2.79. The molecule has 0 radical (unpaired) electrons. The number of fused-ring (bicyclic) bond motifs is 2. The van der Waals surface area contributed by atoms with E-state index in [1.807, 2.05) is 30.1 Å². The van der Waals surface area contributed by atoms with Crippen molar-refractivity contribution in [2.45, 2.75) is 6.42 Å². The topological polar surface area (TPSA) is 63.6 Å². The monoisotopic (exact) mass is 290 g/mol. The van der Waals surface area contributed by atoms with Crippen molar-refractivity contribution in [3.63, 3.8) is 0 Å². The van der Waals surface area contributed by atoms with E-state index < -0.39 is 0 Å². The van der Waals surface area contributed by atoms with Gasteiger partial charge >= 0.3 is 0 Å². The maximum atomic E-state index is 11.0. The number of aromatic amines is 1. The Morgan fingerprint density at radius 3 is 3.00 bits per heavy atom. The van der Waals surface area contributed by atoms with Crippen molar-refractivity contribution in [2.75, 3.05) is 0 Å². The predicted octanol–water partition coefficient (Wildman–Crippen LogP) is 2.85. The van der Waals surface area contributed by atoms with E-state index >= 15 is 0 Å². The highest BCUT2D eigenvalue weighted by molar-refractivity contribution is 5.88. The van der Waals surface area contributed by atoms with Crippen molar-refractivity contribution >= 4 is 28.1 Å². The van der Waals surface area contributed by atoms with Gasteiger partial charge in [0, 0.05) is 29.8 Å². The Bertz CT molecular complexity index is 996. The minimum Gasteiger partial charge on any atom is -0.298 e. The molecule has 0 saturated carbocycles. The van der Waals surface area contributed by atoms with Crippen molar-refractivity contribution in [1.82, 2.24) is 20.0 Å². The van der Waals surface area contributed by atoms with Crippen LogP contribution in [0.25, 0.3) is 21.8 Å². The number of rotatable bonds is 3. The summed E-state index contributed by atoms with van der Waals surface area (Å²) >= 11 is 0. The minimum atomic E-state index is 0.665. The zero-order chi connectivity index (χ0) is 15.1. The Morgan fingerprint density at radius 2 is 2.14 bits per heavy atom. The number of hydrogen-bond acceptors (Lipinski definition) is 3. The molecule has 2 aromatic carbocycles. The number of nitrogens with zero attached hydrogens (tertiary/aromatic N) is 3. The Morgan fingerprint density at radius 1 is 1.23 bits per heavy atom. The van der Waals surface area contributed by atoms with Gasteiger partial charge in [-0.2, -0.15) is 10.2 Å². The van der Waals surface area contributed by atoms with Crippen LogP contribution < -0.4 is 0 Å². The van der Waals surface area contributed by atoms with Gasteiger partial charge in [-0.05, 0) is 35.9 Å². The summed E-state index contributed by atoms with van der Waals surface area (Å²) in [4.78, 5) is 11.0. The van der Waals surface area contributed by atoms with Crippen molar-refractivity contribution < 1.29 is 4.79 Å². The minimum absolute atomic E-state index is 0.665. The average molecular weight is 290 g/mol. The lowest BCUT2D eigenvalue weighted by atomic mass is 10.0. The fraction of sp³-hybridized carbons (Fsp3) is 0.118.